The van der Waals surface area contributed by atoms with E-state index in [-0.39, 0.29) is 0 Å². The zero-order chi connectivity index (χ0) is 20.0. The molecule has 0 spiro atoms. The Morgan fingerprint density at radius 2 is 1.26 bits per heavy atom. The number of hydrogen-bond acceptors (Lipinski definition) is 6. The molecule has 6 nitrogen and oxygen atoms in total. The van der Waals surface area contributed by atoms with Crippen LogP contribution in [0.25, 0.3) is 0 Å². The summed E-state index contributed by atoms with van der Waals surface area (Å²) in [5.41, 5.74) is 1.42. The summed E-state index contributed by atoms with van der Waals surface area (Å²) in [5.74, 6) is 2.25. The SMILES string of the molecule is CCC(O)c1ccc(Oc2cc(C(O)CC)cc(OC)c2OC)c(OC)c1. The summed E-state index contributed by atoms with van der Waals surface area (Å²) < 4.78 is 22.3. The number of ether oxygens (including phenoxy) is 4. The van der Waals surface area contributed by atoms with Crippen molar-refractivity contribution in [3.8, 4) is 28.7 Å². The lowest BCUT2D eigenvalue weighted by atomic mass is 10.1. The van der Waals surface area contributed by atoms with Crippen molar-refractivity contribution < 1.29 is 29.2 Å². The van der Waals surface area contributed by atoms with Crippen LogP contribution in [0.3, 0.4) is 0 Å². The maximum atomic E-state index is 10.2. The topological polar surface area (TPSA) is 77.4 Å². The summed E-state index contributed by atoms with van der Waals surface area (Å²) in [5, 5.41) is 20.3. The molecular weight excluding hydrogens is 348 g/mol. The van der Waals surface area contributed by atoms with E-state index in [4.69, 9.17) is 18.9 Å². The Bertz CT molecular complexity index is 759. The zero-order valence-electron chi connectivity index (χ0n) is 16.5. The van der Waals surface area contributed by atoms with Crippen molar-refractivity contribution in [2.45, 2.75) is 38.9 Å². The molecule has 0 aromatic heterocycles. The van der Waals surface area contributed by atoms with Gasteiger partial charge in [0.15, 0.2) is 23.0 Å². The summed E-state index contributed by atoms with van der Waals surface area (Å²) in [6, 6.07) is 8.74. The minimum atomic E-state index is -0.642. The van der Waals surface area contributed by atoms with E-state index in [2.05, 4.69) is 0 Å². The van der Waals surface area contributed by atoms with Gasteiger partial charge in [-0.3, -0.25) is 0 Å². The molecule has 0 amide bonds. The highest BCUT2D eigenvalue weighted by Gasteiger charge is 2.19. The molecule has 2 atom stereocenters. The van der Waals surface area contributed by atoms with E-state index in [9.17, 15) is 10.2 Å². The molecular formula is C21H28O6. The van der Waals surface area contributed by atoms with Gasteiger partial charge >= 0.3 is 0 Å². The number of hydrogen-bond donors (Lipinski definition) is 2. The molecule has 2 N–H and O–H groups in total. The predicted octanol–water partition coefficient (Wildman–Crippen LogP) is 4.39. The molecule has 2 aromatic carbocycles. The second-order valence-corrected chi connectivity index (χ2v) is 6.11. The number of aliphatic hydroxyl groups is 2. The van der Waals surface area contributed by atoms with Crippen molar-refractivity contribution in [2.75, 3.05) is 21.3 Å². The first-order chi connectivity index (χ1) is 13.0. The van der Waals surface area contributed by atoms with Gasteiger partial charge in [-0.2, -0.15) is 0 Å². The van der Waals surface area contributed by atoms with Crippen molar-refractivity contribution >= 4 is 0 Å². The molecule has 0 saturated carbocycles. The Hall–Kier alpha value is -2.44. The van der Waals surface area contributed by atoms with Crippen LogP contribution in [0.2, 0.25) is 0 Å². The van der Waals surface area contributed by atoms with Crippen molar-refractivity contribution in [3.05, 3.63) is 41.5 Å². The highest BCUT2D eigenvalue weighted by atomic mass is 16.5. The maximum absolute atomic E-state index is 10.2. The smallest absolute Gasteiger partial charge is 0.203 e. The van der Waals surface area contributed by atoms with Crippen molar-refractivity contribution in [2.24, 2.45) is 0 Å². The molecule has 0 aliphatic carbocycles. The Morgan fingerprint density at radius 3 is 1.81 bits per heavy atom. The molecule has 2 rings (SSSR count). The summed E-state index contributed by atoms with van der Waals surface area (Å²) in [6.45, 7) is 3.80. The first-order valence-electron chi connectivity index (χ1n) is 8.96. The minimum absolute atomic E-state index is 0.404. The van der Waals surface area contributed by atoms with E-state index in [0.717, 1.165) is 5.56 Å². The summed E-state index contributed by atoms with van der Waals surface area (Å²) in [7, 11) is 4.60. The summed E-state index contributed by atoms with van der Waals surface area (Å²) in [6.07, 6.45) is -0.0468. The van der Waals surface area contributed by atoms with Crippen LogP contribution < -0.4 is 18.9 Å². The number of rotatable bonds is 9. The van der Waals surface area contributed by atoms with Crippen LogP contribution in [0.1, 0.15) is 50.0 Å². The summed E-state index contributed by atoms with van der Waals surface area (Å²) >= 11 is 0. The average molecular weight is 376 g/mol. The Labute approximate surface area is 160 Å². The number of methoxy groups -OCH3 is 3. The van der Waals surface area contributed by atoms with Crippen LogP contribution in [-0.4, -0.2) is 31.5 Å². The van der Waals surface area contributed by atoms with Crippen LogP contribution >= 0.6 is 0 Å². The zero-order valence-corrected chi connectivity index (χ0v) is 16.5. The van der Waals surface area contributed by atoms with Crippen LogP contribution in [-0.2, 0) is 0 Å². The van der Waals surface area contributed by atoms with Crippen molar-refractivity contribution in [1.29, 1.82) is 0 Å². The highest BCUT2D eigenvalue weighted by molar-refractivity contribution is 5.57. The van der Waals surface area contributed by atoms with E-state index in [1.165, 1.54) is 14.2 Å². The Morgan fingerprint density at radius 1 is 0.704 bits per heavy atom. The molecule has 148 valence electrons. The van der Waals surface area contributed by atoms with Gasteiger partial charge < -0.3 is 29.2 Å². The van der Waals surface area contributed by atoms with Gasteiger partial charge in [0.1, 0.15) is 0 Å². The quantitative estimate of drug-likeness (QED) is 0.676. The maximum Gasteiger partial charge on any atom is 0.203 e. The lowest BCUT2D eigenvalue weighted by molar-refractivity contribution is 0.172. The molecule has 0 radical (unpaired) electrons. The van der Waals surface area contributed by atoms with E-state index >= 15 is 0 Å². The van der Waals surface area contributed by atoms with Gasteiger partial charge in [0, 0.05) is 0 Å². The lowest BCUT2D eigenvalue weighted by Gasteiger charge is -2.19. The second kappa shape index (κ2) is 9.48. The van der Waals surface area contributed by atoms with E-state index in [1.807, 2.05) is 13.8 Å². The minimum Gasteiger partial charge on any atom is -0.493 e. The van der Waals surface area contributed by atoms with Crippen molar-refractivity contribution in [3.63, 3.8) is 0 Å². The van der Waals surface area contributed by atoms with E-state index in [0.29, 0.717) is 47.2 Å². The fourth-order valence-corrected chi connectivity index (χ4v) is 2.78. The molecule has 0 heterocycles. The lowest BCUT2D eigenvalue weighted by Crippen LogP contribution is -2.01. The molecule has 0 saturated heterocycles. The van der Waals surface area contributed by atoms with Crippen LogP contribution in [0.15, 0.2) is 30.3 Å². The molecule has 2 unspecified atom stereocenters. The molecule has 2 aromatic rings. The third-order valence-corrected chi connectivity index (χ3v) is 4.42. The normalized spacial score (nSPS) is 13.0. The predicted molar refractivity (Wildman–Crippen MR) is 103 cm³/mol. The molecule has 27 heavy (non-hydrogen) atoms. The third kappa shape index (κ3) is 4.64. The van der Waals surface area contributed by atoms with Gasteiger partial charge in [-0.25, -0.2) is 0 Å². The van der Waals surface area contributed by atoms with Gasteiger partial charge in [-0.05, 0) is 48.2 Å². The van der Waals surface area contributed by atoms with Crippen LogP contribution in [0, 0.1) is 0 Å². The molecule has 0 aliphatic rings. The number of benzene rings is 2. The van der Waals surface area contributed by atoms with Gasteiger partial charge in [0.25, 0.3) is 0 Å². The fraction of sp³-hybridized carbons (Fsp3) is 0.429. The Kier molecular flexibility index (Phi) is 7.33. The van der Waals surface area contributed by atoms with Gasteiger partial charge in [-0.15, -0.1) is 0 Å². The van der Waals surface area contributed by atoms with E-state index < -0.39 is 12.2 Å². The standard InChI is InChI=1S/C21H28O6/c1-6-15(22)13-8-9-17(18(10-13)24-3)27-20-12-14(16(23)7-2)11-19(25-4)21(20)26-5/h8-12,15-16,22-23H,6-7H2,1-5H3. The first kappa shape index (κ1) is 20.9. The largest absolute Gasteiger partial charge is 0.493 e. The number of aliphatic hydroxyl groups excluding tert-OH is 2. The third-order valence-electron chi connectivity index (χ3n) is 4.42. The van der Waals surface area contributed by atoms with E-state index in [1.54, 1.807) is 37.4 Å². The van der Waals surface area contributed by atoms with Crippen molar-refractivity contribution in [1.82, 2.24) is 0 Å². The molecule has 0 fully saturated rings. The Balaban J connectivity index is 2.49. The van der Waals surface area contributed by atoms with Crippen LogP contribution in [0.4, 0.5) is 0 Å². The van der Waals surface area contributed by atoms with Gasteiger partial charge in [-0.1, -0.05) is 19.9 Å². The second-order valence-electron chi connectivity index (χ2n) is 6.11. The molecule has 0 bridgehead atoms. The molecule has 0 aliphatic heterocycles. The fourth-order valence-electron chi connectivity index (χ4n) is 2.78. The van der Waals surface area contributed by atoms with Gasteiger partial charge in [0.2, 0.25) is 5.75 Å². The van der Waals surface area contributed by atoms with Gasteiger partial charge in [0.05, 0.1) is 33.5 Å². The summed E-state index contributed by atoms with van der Waals surface area (Å²) in [4.78, 5) is 0. The average Bonchev–Trinajstić information content (AvgIpc) is 2.71. The first-order valence-corrected chi connectivity index (χ1v) is 8.96. The monoisotopic (exact) mass is 376 g/mol. The van der Waals surface area contributed by atoms with Crippen LogP contribution in [0.5, 0.6) is 28.7 Å². The molecule has 6 heteroatoms. The highest BCUT2D eigenvalue weighted by Crippen LogP contribution is 2.44.